The summed E-state index contributed by atoms with van der Waals surface area (Å²) in [7, 11) is 0. The van der Waals surface area contributed by atoms with Crippen molar-refractivity contribution in [2.45, 2.75) is 43.6 Å². The molecule has 2 unspecified atom stereocenters. The highest BCUT2D eigenvalue weighted by atomic mass is 32.2. The lowest BCUT2D eigenvalue weighted by atomic mass is 10.2. The molecular formula is C12H20N4S2. The van der Waals surface area contributed by atoms with Crippen LogP contribution in [0, 0.1) is 0 Å². The molecule has 4 nitrogen and oxygen atoms in total. The summed E-state index contributed by atoms with van der Waals surface area (Å²) in [6.45, 7) is 6.39. The molecule has 6 heteroatoms. The maximum absolute atomic E-state index is 5.81. The van der Waals surface area contributed by atoms with E-state index in [0.29, 0.717) is 16.4 Å². The van der Waals surface area contributed by atoms with Crippen molar-refractivity contribution in [3.63, 3.8) is 0 Å². The topological polar surface area (TPSA) is 64.7 Å². The number of aromatic nitrogens is 3. The molecule has 2 N–H and O–H groups in total. The number of nitrogen functional groups attached to an aromatic ring is 1. The van der Waals surface area contributed by atoms with Crippen molar-refractivity contribution in [3.05, 3.63) is 11.6 Å². The van der Waals surface area contributed by atoms with Gasteiger partial charge in [0, 0.05) is 22.7 Å². The van der Waals surface area contributed by atoms with Crippen LogP contribution in [0.1, 0.15) is 50.0 Å². The Labute approximate surface area is 117 Å². The Morgan fingerprint density at radius 1 is 1.22 bits per heavy atom. The molecule has 1 aliphatic heterocycles. The zero-order chi connectivity index (χ0) is 13.1. The summed E-state index contributed by atoms with van der Waals surface area (Å²) in [5.41, 5.74) is 5.81. The standard InChI is InChI=1S/C12H20N4S2/c1-4-8-9(18-6-5-17-8)11-14-10(7(2)3)15-12(13)16-11/h7-9H,4-6H2,1-3H3,(H2,13,14,15,16). The van der Waals surface area contributed by atoms with Gasteiger partial charge in [0.1, 0.15) is 11.6 Å². The van der Waals surface area contributed by atoms with E-state index in [4.69, 9.17) is 5.73 Å². The van der Waals surface area contributed by atoms with Crippen molar-refractivity contribution in [3.8, 4) is 0 Å². The molecule has 1 aromatic rings. The lowest BCUT2D eigenvalue weighted by Gasteiger charge is -2.28. The number of thioether (sulfide) groups is 2. The average molecular weight is 284 g/mol. The molecule has 2 atom stereocenters. The Morgan fingerprint density at radius 3 is 2.61 bits per heavy atom. The number of nitrogens with two attached hydrogens (primary N) is 1. The first-order valence-electron chi connectivity index (χ1n) is 6.36. The molecule has 1 fully saturated rings. The number of hydrogen-bond acceptors (Lipinski definition) is 6. The number of rotatable bonds is 3. The van der Waals surface area contributed by atoms with E-state index in [1.165, 1.54) is 5.75 Å². The first-order valence-corrected chi connectivity index (χ1v) is 8.46. The van der Waals surface area contributed by atoms with Crippen LogP contribution in [0.2, 0.25) is 0 Å². The maximum Gasteiger partial charge on any atom is 0.223 e. The molecule has 0 bridgehead atoms. The molecule has 0 radical (unpaired) electrons. The van der Waals surface area contributed by atoms with Crippen LogP contribution in [0.3, 0.4) is 0 Å². The lowest BCUT2D eigenvalue weighted by Crippen LogP contribution is -2.22. The van der Waals surface area contributed by atoms with Crippen LogP contribution in [0.4, 0.5) is 5.95 Å². The van der Waals surface area contributed by atoms with Gasteiger partial charge in [-0.15, -0.1) is 11.8 Å². The van der Waals surface area contributed by atoms with Crippen LogP contribution >= 0.6 is 23.5 Å². The number of hydrogen-bond donors (Lipinski definition) is 1. The Bertz CT molecular complexity index is 411. The van der Waals surface area contributed by atoms with Gasteiger partial charge >= 0.3 is 0 Å². The van der Waals surface area contributed by atoms with Crippen molar-refractivity contribution in [1.29, 1.82) is 0 Å². The van der Waals surface area contributed by atoms with E-state index in [1.54, 1.807) is 0 Å². The third kappa shape index (κ3) is 3.09. The highest BCUT2D eigenvalue weighted by Crippen LogP contribution is 2.42. The van der Waals surface area contributed by atoms with Gasteiger partial charge in [-0.05, 0) is 6.42 Å². The van der Waals surface area contributed by atoms with Crippen LogP contribution in [0.15, 0.2) is 0 Å². The first kappa shape index (κ1) is 13.9. The highest BCUT2D eigenvalue weighted by molar-refractivity contribution is 8.06. The van der Waals surface area contributed by atoms with E-state index in [0.717, 1.165) is 23.8 Å². The van der Waals surface area contributed by atoms with Crippen LogP contribution < -0.4 is 5.73 Å². The summed E-state index contributed by atoms with van der Waals surface area (Å²) in [5.74, 6) is 4.70. The monoisotopic (exact) mass is 284 g/mol. The predicted octanol–water partition coefficient (Wildman–Crippen LogP) is 2.88. The van der Waals surface area contributed by atoms with E-state index in [-0.39, 0.29) is 5.92 Å². The molecule has 2 rings (SSSR count). The van der Waals surface area contributed by atoms with E-state index < -0.39 is 0 Å². The van der Waals surface area contributed by atoms with Crippen molar-refractivity contribution >= 4 is 29.5 Å². The second-order valence-electron chi connectivity index (χ2n) is 4.67. The van der Waals surface area contributed by atoms with Gasteiger partial charge in [-0.1, -0.05) is 20.8 Å². The molecule has 0 saturated carbocycles. The number of anilines is 1. The molecule has 1 saturated heterocycles. The zero-order valence-electron chi connectivity index (χ0n) is 11.1. The minimum absolute atomic E-state index is 0.287. The van der Waals surface area contributed by atoms with Crippen LogP contribution in [0.5, 0.6) is 0 Å². The fraction of sp³-hybridized carbons (Fsp3) is 0.750. The van der Waals surface area contributed by atoms with Gasteiger partial charge < -0.3 is 5.73 Å². The zero-order valence-corrected chi connectivity index (χ0v) is 12.7. The van der Waals surface area contributed by atoms with Gasteiger partial charge in [-0.25, -0.2) is 4.98 Å². The third-order valence-corrected chi connectivity index (χ3v) is 6.15. The van der Waals surface area contributed by atoms with Gasteiger partial charge in [0.05, 0.1) is 5.25 Å². The Hall–Kier alpha value is -0.490. The second-order valence-corrected chi connectivity index (χ2v) is 7.27. The summed E-state index contributed by atoms with van der Waals surface area (Å²) < 4.78 is 0. The van der Waals surface area contributed by atoms with Gasteiger partial charge in [0.25, 0.3) is 0 Å². The van der Waals surface area contributed by atoms with Crippen LogP contribution in [-0.4, -0.2) is 31.7 Å². The minimum Gasteiger partial charge on any atom is -0.368 e. The molecule has 1 aromatic heterocycles. The predicted molar refractivity (Wildman–Crippen MR) is 80.1 cm³/mol. The van der Waals surface area contributed by atoms with Gasteiger partial charge in [0.2, 0.25) is 5.95 Å². The molecule has 0 aromatic carbocycles. The van der Waals surface area contributed by atoms with E-state index in [2.05, 4.69) is 35.7 Å². The van der Waals surface area contributed by atoms with Gasteiger partial charge in [-0.2, -0.15) is 21.7 Å². The summed E-state index contributed by atoms with van der Waals surface area (Å²) in [6.07, 6.45) is 1.14. The summed E-state index contributed by atoms with van der Waals surface area (Å²) in [4.78, 5) is 13.2. The molecule has 1 aliphatic rings. The normalized spacial score (nSPS) is 24.4. The second kappa shape index (κ2) is 6.10. The third-order valence-electron chi connectivity index (χ3n) is 2.91. The smallest absolute Gasteiger partial charge is 0.223 e. The van der Waals surface area contributed by atoms with Crippen LogP contribution in [-0.2, 0) is 0 Å². The van der Waals surface area contributed by atoms with Crippen molar-refractivity contribution in [1.82, 2.24) is 15.0 Å². The molecule has 0 aliphatic carbocycles. The Morgan fingerprint density at radius 2 is 1.94 bits per heavy atom. The fourth-order valence-electron chi connectivity index (χ4n) is 1.95. The van der Waals surface area contributed by atoms with Gasteiger partial charge in [0.15, 0.2) is 0 Å². The summed E-state index contributed by atoms with van der Waals surface area (Å²) in [6, 6.07) is 0. The Kier molecular flexibility index (Phi) is 4.72. The largest absolute Gasteiger partial charge is 0.368 e. The van der Waals surface area contributed by atoms with Crippen LogP contribution in [0.25, 0.3) is 0 Å². The summed E-state index contributed by atoms with van der Waals surface area (Å²) in [5, 5.41) is 0.946. The number of nitrogens with zero attached hydrogens (tertiary/aromatic N) is 3. The Balaban J connectivity index is 2.30. The average Bonchev–Trinajstić information content (AvgIpc) is 2.38. The molecule has 100 valence electrons. The molecule has 18 heavy (non-hydrogen) atoms. The lowest BCUT2D eigenvalue weighted by molar-refractivity contribution is 0.699. The van der Waals surface area contributed by atoms with E-state index in [9.17, 15) is 0 Å². The first-order chi connectivity index (χ1) is 8.61. The summed E-state index contributed by atoms with van der Waals surface area (Å²) >= 11 is 3.97. The molecule has 0 spiro atoms. The SMILES string of the molecule is CCC1SCCSC1c1nc(N)nc(C(C)C)n1. The fourth-order valence-corrected chi connectivity index (χ4v) is 4.95. The van der Waals surface area contributed by atoms with E-state index in [1.807, 2.05) is 23.5 Å². The van der Waals surface area contributed by atoms with Crippen molar-refractivity contribution < 1.29 is 0 Å². The quantitative estimate of drug-likeness (QED) is 0.920. The molecule has 0 amide bonds. The minimum atomic E-state index is 0.287. The van der Waals surface area contributed by atoms with Gasteiger partial charge in [-0.3, -0.25) is 0 Å². The van der Waals surface area contributed by atoms with Crippen molar-refractivity contribution in [2.24, 2.45) is 0 Å². The molecular weight excluding hydrogens is 264 g/mol. The maximum atomic E-state index is 5.81. The molecule has 2 heterocycles. The van der Waals surface area contributed by atoms with Crippen molar-refractivity contribution in [2.75, 3.05) is 17.2 Å². The highest BCUT2D eigenvalue weighted by Gasteiger charge is 2.29. The van der Waals surface area contributed by atoms with E-state index >= 15 is 0 Å².